The molecule has 6 heteroatoms. The van der Waals surface area contributed by atoms with Crippen molar-refractivity contribution in [2.45, 2.75) is 13.1 Å². The van der Waals surface area contributed by atoms with Gasteiger partial charge in [0.2, 0.25) is 0 Å². The molecular formula is C13H13F3N2O. The number of benzene rings is 1. The van der Waals surface area contributed by atoms with E-state index in [1.165, 1.54) is 18.3 Å². The van der Waals surface area contributed by atoms with Crippen LogP contribution in [-0.2, 0) is 6.18 Å². The number of aromatic nitrogens is 1. The van der Waals surface area contributed by atoms with E-state index < -0.39 is 11.7 Å². The first-order valence-electron chi connectivity index (χ1n) is 5.22. The van der Waals surface area contributed by atoms with Gasteiger partial charge in [-0.15, -0.1) is 0 Å². The van der Waals surface area contributed by atoms with Crippen LogP contribution in [0.1, 0.15) is 11.1 Å². The monoisotopic (exact) mass is 270 g/mol. The van der Waals surface area contributed by atoms with E-state index in [-0.39, 0.29) is 23.2 Å². The van der Waals surface area contributed by atoms with E-state index in [0.717, 1.165) is 12.1 Å². The highest BCUT2D eigenvalue weighted by Crippen LogP contribution is 2.34. The lowest BCUT2D eigenvalue weighted by atomic mass is 10.1. The molecule has 102 valence electrons. The van der Waals surface area contributed by atoms with Gasteiger partial charge >= 0.3 is 6.18 Å². The van der Waals surface area contributed by atoms with E-state index in [1.54, 1.807) is 13.0 Å². The molecule has 3 nitrogen and oxygen atoms in total. The van der Waals surface area contributed by atoms with Crippen LogP contribution in [0.15, 0.2) is 36.5 Å². The van der Waals surface area contributed by atoms with Gasteiger partial charge < -0.3 is 11.3 Å². The molecule has 0 atom stereocenters. The molecule has 0 bridgehead atoms. The van der Waals surface area contributed by atoms with Crippen molar-refractivity contribution < 1.29 is 18.3 Å². The maximum absolute atomic E-state index is 12.6. The summed E-state index contributed by atoms with van der Waals surface area (Å²) in [6.07, 6.45) is -2.96. The number of nitrogens with zero attached hydrogens (tertiary/aromatic N) is 1. The molecule has 0 fully saturated rings. The van der Waals surface area contributed by atoms with Crippen molar-refractivity contribution >= 4 is 0 Å². The van der Waals surface area contributed by atoms with E-state index in [4.69, 9.17) is 0 Å². The second kappa shape index (κ2) is 5.27. The number of aryl methyl sites for hydroxylation is 1. The minimum absolute atomic E-state index is 0. The Kier molecular flexibility index (Phi) is 4.16. The van der Waals surface area contributed by atoms with Crippen LogP contribution in [0, 0.1) is 6.92 Å². The third-order valence-electron chi connectivity index (χ3n) is 2.59. The lowest BCUT2D eigenvalue weighted by molar-refractivity contribution is -0.137. The Balaban J connectivity index is 0.00000180. The Morgan fingerprint density at radius 1 is 1.16 bits per heavy atom. The quantitative estimate of drug-likeness (QED) is 0.824. The molecule has 1 heterocycles. The SMILES string of the molecule is Cc1ccnc(-c2cccc(C(F)(F)F)c2)c1O.N. The van der Waals surface area contributed by atoms with Gasteiger partial charge in [0.15, 0.2) is 0 Å². The van der Waals surface area contributed by atoms with Crippen LogP contribution in [0.3, 0.4) is 0 Å². The molecule has 0 amide bonds. The highest BCUT2D eigenvalue weighted by molar-refractivity contribution is 5.68. The van der Waals surface area contributed by atoms with Gasteiger partial charge in [0, 0.05) is 11.8 Å². The lowest BCUT2D eigenvalue weighted by Crippen LogP contribution is -2.04. The Morgan fingerprint density at radius 3 is 2.47 bits per heavy atom. The third kappa shape index (κ3) is 3.03. The summed E-state index contributed by atoms with van der Waals surface area (Å²) >= 11 is 0. The predicted octanol–water partition coefficient (Wildman–Crippen LogP) is 3.94. The second-order valence-electron chi connectivity index (χ2n) is 3.90. The largest absolute Gasteiger partial charge is 0.505 e. The van der Waals surface area contributed by atoms with E-state index in [0.29, 0.717) is 5.56 Å². The van der Waals surface area contributed by atoms with Crippen molar-refractivity contribution in [1.82, 2.24) is 11.1 Å². The third-order valence-corrected chi connectivity index (χ3v) is 2.59. The molecule has 4 N–H and O–H groups in total. The fraction of sp³-hybridized carbons (Fsp3) is 0.154. The Bertz CT molecular complexity index is 582. The zero-order chi connectivity index (χ0) is 13.3. The summed E-state index contributed by atoms with van der Waals surface area (Å²) in [4.78, 5) is 3.92. The molecule has 0 radical (unpaired) electrons. The molecular weight excluding hydrogens is 257 g/mol. The first-order chi connectivity index (χ1) is 8.39. The Hall–Kier alpha value is -2.08. The molecule has 0 saturated heterocycles. The van der Waals surface area contributed by atoms with Crippen molar-refractivity contribution in [3.8, 4) is 17.0 Å². The topological polar surface area (TPSA) is 68.1 Å². The molecule has 0 aliphatic carbocycles. The summed E-state index contributed by atoms with van der Waals surface area (Å²) in [5, 5.41) is 9.80. The molecule has 0 spiro atoms. The van der Waals surface area contributed by atoms with E-state index in [2.05, 4.69) is 4.98 Å². The average Bonchev–Trinajstić information content (AvgIpc) is 2.32. The summed E-state index contributed by atoms with van der Waals surface area (Å²) < 4.78 is 37.7. The number of hydrogen-bond acceptors (Lipinski definition) is 3. The summed E-state index contributed by atoms with van der Waals surface area (Å²) in [5.74, 6) is -0.100. The summed E-state index contributed by atoms with van der Waals surface area (Å²) in [5.41, 5.74) is 0.201. The van der Waals surface area contributed by atoms with Gasteiger partial charge in [-0.2, -0.15) is 13.2 Å². The number of hydrogen-bond donors (Lipinski definition) is 2. The van der Waals surface area contributed by atoms with Crippen molar-refractivity contribution in [1.29, 1.82) is 0 Å². The maximum atomic E-state index is 12.6. The zero-order valence-electron chi connectivity index (χ0n) is 10.2. The van der Waals surface area contributed by atoms with Crippen molar-refractivity contribution in [3.63, 3.8) is 0 Å². The minimum atomic E-state index is -4.41. The van der Waals surface area contributed by atoms with Gasteiger partial charge in [-0.05, 0) is 30.7 Å². The molecule has 1 aromatic carbocycles. The minimum Gasteiger partial charge on any atom is -0.505 e. The molecule has 2 rings (SSSR count). The van der Waals surface area contributed by atoms with Gasteiger partial charge in [0.05, 0.1) is 5.56 Å². The van der Waals surface area contributed by atoms with Crippen LogP contribution >= 0.6 is 0 Å². The van der Waals surface area contributed by atoms with Crippen molar-refractivity contribution in [2.24, 2.45) is 0 Å². The summed E-state index contributed by atoms with van der Waals surface area (Å²) in [7, 11) is 0. The smallest absolute Gasteiger partial charge is 0.416 e. The second-order valence-corrected chi connectivity index (χ2v) is 3.90. The Morgan fingerprint density at radius 2 is 1.84 bits per heavy atom. The molecule has 0 aliphatic heterocycles. The standard InChI is InChI=1S/C13H10F3NO.H3N/c1-8-5-6-17-11(12(8)18)9-3-2-4-10(7-9)13(14,15)16;/h2-7,18H,1H3;1H3. The van der Waals surface area contributed by atoms with Crippen LogP contribution in [0.25, 0.3) is 11.3 Å². The van der Waals surface area contributed by atoms with Crippen LogP contribution in [0.4, 0.5) is 13.2 Å². The first-order valence-corrected chi connectivity index (χ1v) is 5.22. The normalized spacial score (nSPS) is 10.9. The first kappa shape index (κ1) is 15.0. The number of halogens is 3. The van der Waals surface area contributed by atoms with E-state index >= 15 is 0 Å². The van der Waals surface area contributed by atoms with E-state index in [9.17, 15) is 18.3 Å². The van der Waals surface area contributed by atoms with Crippen LogP contribution in [0.2, 0.25) is 0 Å². The zero-order valence-corrected chi connectivity index (χ0v) is 10.2. The van der Waals surface area contributed by atoms with Crippen molar-refractivity contribution in [2.75, 3.05) is 0 Å². The fourth-order valence-corrected chi connectivity index (χ4v) is 1.60. The van der Waals surface area contributed by atoms with Gasteiger partial charge in [0.1, 0.15) is 11.4 Å². The van der Waals surface area contributed by atoms with Crippen LogP contribution < -0.4 is 6.15 Å². The Labute approximate surface area is 108 Å². The van der Waals surface area contributed by atoms with Gasteiger partial charge in [-0.1, -0.05) is 12.1 Å². The number of alkyl halides is 3. The van der Waals surface area contributed by atoms with Crippen LogP contribution in [0.5, 0.6) is 5.75 Å². The molecule has 0 saturated carbocycles. The van der Waals surface area contributed by atoms with Crippen LogP contribution in [-0.4, -0.2) is 10.1 Å². The predicted molar refractivity (Wildman–Crippen MR) is 66.1 cm³/mol. The molecule has 0 unspecified atom stereocenters. The molecule has 19 heavy (non-hydrogen) atoms. The fourth-order valence-electron chi connectivity index (χ4n) is 1.60. The lowest BCUT2D eigenvalue weighted by Gasteiger charge is -2.10. The van der Waals surface area contributed by atoms with Gasteiger partial charge in [-0.3, -0.25) is 4.98 Å². The highest BCUT2D eigenvalue weighted by Gasteiger charge is 2.30. The number of rotatable bonds is 1. The molecule has 2 aromatic rings. The van der Waals surface area contributed by atoms with Gasteiger partial charge in [-0.25, -0.2) is 0 Å². The number of aromatic hydroxyl groups is 1. The van der Waals surface area contributed by atoms with Gasteiger partial charge in [0.25, 0.3) is 0 Å². The molecule has 1 aromatic heterocycles. The molecule has 0 aliphatic rings. The maximum Gasteiger partial charge on any atom is 0.416 e. The highest BCUT2D eigenvalue weighted by atomic mass is 19.4. The average molecular weight is 270 g/mol. The van der Waals surface area contributed by atoms with E-state index in [1.807, 2.05) is 0 Å². The van der Waals surface area contributed by atoms with Crippen molar-refractivity contribution in [3.05, 3.63) is 47.7 Å². The number of pyridine rings is 1. The summed E-state index contributed by atoms with van der Waals surface area (Å²) in [6, 6.07) is 6.32. The summed E-state index contributed by atoms with van der Waals surface area (Å²) in [6.45, 7) is 1.66.